The Morgan fingerprint density at radius 2 is 1.58 bits per heavy atom. The van der Waals surface area contributed by atoms with Gasteiger partial charge >= 0.3 is 0 Å². The Kier molecular flexibility index (Phi) is 4.19. The minimum absolute atomic E-state index is 0.144. The molecule has 0 bridgehead atoms. The van der Waals surface area contributed by atoms with Gasteiger partial charge in [0.1, 0.15) is 0 Å². The molecule has 0 fully saturated rings. The molecule has 0 aliphatic carbocycles. The van der Waals surface area contributed by atoms with Crippen molar-refractivity contribution in [3.8, 4) is 11.8 Å². The molecule has 19 heavy (non-hydrogen) atoms. The van der Waals surface area contributed by atoms with E-state index in [1.807, 2.05) is 56.3 Å². The van der Waals surface area contributed by atoms with Crippen LogP contribution in [0.2, 0.25) is 0 Å². The van der Waals surface area contributed by atoms with E-state index in [-0.39, 0.29) is 5.78 Å². The van der Waals surface area contributed by atoms with Gasteiger partial charge in [0.25, 0.3) is 0 Å². The first kappa shape index (κ1) is 13.6. The van der Waals surface area contributed by atoms with Gasteiger partial charge in [0.2, 0.25) is 5.78 Å². The lowest BCUT2D eigenvalue weighted by Gasteiger charge is -1.99. The lowest BCUT2D eigenvalue weighted by Crippen LogP contribution is -1.96. The second kappa shape index (κ2) is 5.86. The van der Waals surface area contributed by atoms with Crippen LogP contribution in [-0.2, 0) is 0 Å². The first-order chi connectivity index (χ1) is 9.04. The molecule has 0 atom stereocenters. The van der Waals surface area contributed by atoms with Crippen LogP contribution in [0.4, 0.5) is 0 Å². The molecule has 0 saturated carbocycles. The Hall–Kier alpha value is -1.85. The van der Waals surface area contributed by atoms with Crippen molar-refractivity contribution in [1.29, 1.82) is 0 Å². The van der Waals surface area contributed by atoms with E-state index in [2.05, 4.69) is 27.8 Å². The van der Waals surface area contributed by atoms with E-state index in [1.165, 1.54) is 0 Å². The zero-order chi connectivity index (χ0) is 13.8. The molecule has 0 aliphatic heterocycles. The van der Waals surface area contributed by atoms with E-state index in [0.717, 1.165) is 21.2 Å². The van der Waals surface area contributed by atoms with E-state index in [9.17, 15) is 4.79 Å². The van der Waals surface area contributed by atoms with Crippen molar-refractivity contribution in [1.82, 2.24) is 0 Å². The van der Waals surface area contributed by atoms with Crippen molar-refractivity contribution in [2.45, 2.75) is 13.8 Å². The second-order valence-corrected chi connectivity index (χ2v) is 5.38. The van der Waals surface area contributed by atoms with Gasteiger partial charge < -0.3 is 0 Å². The minimum atomic E-state index is -0.144. The topological polar surface area (TPSA) is 17.1 Å². The highest BCUT2D eigenvalue weighted by Gasteiger charge is 2.03. The van der Waals surface area contributed by atoms with Crippen LogP contribution in [0, 0.1) is 25.7 Å². The molecule has 0 heterocycles. The number of carbonyl (C=O) groups excluding carboxylic acids is 1. The molecule has 0 amide bonds. The monoisotopic (exact) mass is 312 g/mol. The number of rotatable bonds is 1. The third-order valence-electron chi connectivity index (χ3n) is 2.65. The molecule has 94 valence electrons. The molecule has 2 rings (SSSR count). The summed E-state index contributed by atoms with van der Waals surface area (Å²) in [6.45, 7) is 3.96. The highest BCUT2D eigenvalue weighted by atomic mass is 79.9. The fourth-order valence-corrected chi connectivity index (χ4v) is 2.10. The van der Waals surface area contributed by atoms with Gasteiger partial charge in [-0.25, -0.2) is 0 Å². The van der Waals surface area contributed by atoms with Gasteiger partial charge in [-0.05, 0) is 56.2 Å². The maximum absolute atomic E-state index is 12.0. The molecule has 0 unspecified atom stereocenters. The van der Waals surface area contributed by atoms with Gasteiger partial charge in [-0.15, -0.1) is 0 Å². The van der Waals surface area contributed by atoms with Crippen molar-refractivity contribution in [3.05, 3.63) is 69.2 Å². The summed E-state index contributed by atoms with van der Waals surface area (Å²) in [6.07, 6.45) is 0. The number of hydrogen-bond acceptors (Lipinski definition) is 1. The molecule has 0 spiro atoms. The van der Waals surface area contributed by atoms with Gasteiger partial charge in [0.15, 0.2) is 0 Å². The quantitative estimate of drug-likeness (QED) is 0.567. The van der Waals surface area contributed by atoms with Crippen LogP contribution >= 0.6 is 15.9 Å². The predicted octanol–water partition coefficient (Wildman–Crippen LogP) is 4.30. The largest absolute Gasteiger partial charge is 0.279 e. The first-order valence-electron chi connectivity index (χ1n) is 5.95. The molecular weight excluding hydrogens is 300 g/mol. The molecule has 0 radical (unpaired) electrons. The summed E-state index contributed by atoms with van der Waals surface area (Å²) in [5, 5.41) is 0. The second-order valence-electron chi connectivity index (χ2n) is 4.46. The highest BCUT2D eigenvalue weighted by molar-refractivity contribution is 9.10. The lowest BCUT2D eigenvalue weighted by atomic mass is 10.0. The van der Waals surface area contributed by atoms with Crippen LogP contribution in [0.5, 0.6) is 0 Å². The molecule has 2 heteroatoms. The van der Waals surface area contributed by atoms with E-state index in [1.54, 1.807) is 0 Å². The number of hydrogen-bond donors (Lipinski definition) is 0. The number of aryl methyl sites for hydroxylation is 2. The molecule has 1 nitrogen and oxygen atoms in total. The Morgan fingerprint density at radius 3 is 2.16 bits per heavy atom. The zero-order valence-corrected chi connectivity index (χ0v) is 12.4. The van der Waals surface area contributed by atoms with E-state index in [4.69, 9.17) is 0 Å². The molecule has 0 N–H and O–H groups in total. The van der Waals surface area contributed by atoms with Crippen LogP contribution < -0.4 is 0 Å². The fourth-order valence-electron chi connectivity index (χ4n) is 1.84. The van der Waals surface area contributed by atoms with Crippen molar-refractivity contribution in [2.24, 2.45) is 0 Å². The van der Waals surface area contributed by atoms with Crippen molar-refractivity contribution in [2.75, 3.05) is 0 Å². The lowest BCUT2D eigenvalue weighted by molar-refractivity contribution is 0.105. The average molecular weight is 313 g/mol. The van der Waals surface area contributed by atoms with Crippen LogP contribution in [0.15, 0.2) is 46.9 Å². The van der Waals surface area contributed by atoms with Crippen molar-refractivity contribution < 1.29 is 4.79 Å². The van der Waals surface area contributed by atoms with E-state index >= 15 is 0 Å². The van der Waals surface area contributed by atoms with Crippen LogP contribution in [0.3, 0.4) is 0 Å². The van der Waals surface area contributed by atoms with Crippen LogP contribution in [0.1, 0.15) is 27.0 Å². The van der Waals surface area contributed by atoms with Gasteiger partial charge in [0.05, 0.1) is 0 Å². The Morgan fingerprint density at radius 1 is 1.00 bits per heavy atom. The van der Waals surface area contributed by atoms with Crippen LogP contribution in [-0.4, -0.2) is 5.78 Å². The summed E-state index contributed by atoms with van der Waals surface area (Å²) in [5.74, 6) is 5.43. The van der Waals surface area contributed by atoms with Crippen LogP contribution in [0.25, 0.3) is 0 Å². The molecule has 0 aromatic heterocycles. The zero-order valence-electron chi connectivity index (χ0n) is 10.8. The SMILES string of the molecule is Cc1cc(C)cc(C(=O)C#Cc2ccc(Br)cc2)c1. The fraction of sp³-hybridized carbons (Fsp3) is 0.118. The number of Topliss-reactive ketones (excluding diaryl/α,β-unsaturated/α-hetero) is 1. The standard InChI is InChI=1S/C17H13BrO/c1-12-9-13(2)11-15(10-12)17(19)8-5-14-3-6-16(18)7-4-14/h3-4,6-7,9-11H,1-2H3. The molecule has 0 saturated heterocycles. The normalized spacial score (nSPS) is 9.63. The molecule has 0 aliphatic rings. The Bertz CT molecular complexity index is 652. The Labute approximate surface area is 121 Å². The number of ketones is 1. The van der Waals surface area contributed by atoms with E-state index < -0.39 is 0 Å². The summed E-state index contributed by atoms with van der Waals surface area (Å²) >= 11 is 3.36. The number of halogens is 1. The maximum atomic E-state index is 12.0. The number of benzene rings is 2. The summed E-state index contributed by atoms with van der Waals surface area (Å²) in [4.78, 5) is 12.0. The minimum Gasteiger partial charge on any atom is -0.279 e. The summed E-state index contributed by atoms with van der Waals surface area (Å²) in [7, 11) is 0. The Balaban J connectivity index is 2.24. The molecule has 2 aromatic carbocycles. The third-order valence-corrected chi connectivity index (χ3v) is 3.18. The first-order valence-corrected chi connectivity index (χ1v) is 6.74. The van der Waals surface area contributed by atoms with Crippen molar-refractivity contribution in [3.63, 3.8) is 0 Å². The smallest absolute Gasteiger partial charge is 0.236 e. The van der Waals surface area contributed by atoms with Gasteiger partial charge in [0, 0.05) is 15.6 Å². The van der Waals surface area contributed by atoms with Gasteiger partial charge in [-0.2, -0.15) is 0 Å². The average Bonchev–Trinajstić information content (AvgIpc) is 2.36. The predicted molar refractivity (Wildman–Crippen MR) is 81.3 cm³/mol. The highest BCUT2D eigenvalue weighted by Crippen LogP contribution is 2.11. The summed E-state index contributed by atoms with van der Waals surface area (Å²) in [6, 6.07) is 13.4. The van der Waals surface area contributed by atoms with E-state index in [0.29, 0.717) is 5.56 Å². The van der Waals surface area contributed by atoms with Gasteiger partial charge in [-0.3, -0.25) is 4.79 Å². The summed E-state index contributed by atoms with van der Waals surface area (Å²) in [5.41, 5.74) is 3.64. The molecule has 2 aromatic rings. The van der Waals surface area contributed by atoms with Crippen molar-refractivity contribution >= 4 is 21.7 Å². The number of carbonyl (C=O) groups is 1. The molecular formula is C17H13BrO. The van der Waals surface area contributed by atoms with Gasteiger partial charge in [-0.1, -0.05) is 39.0 Å². The maximum Gasteiger partial charge on any atom is 0.236 e. The summed E-state index contributed by atoms with van der Waals surface area (Å²) < 4.78 is 0.999. The third kappa shape index (κ3) is 3.81.